The first-order valence-electron chi connectivity index (χ1n) is 8.33. The van der Waals surface area contributed by atoms with Gasteiger partial charge in [0.1, 0.15) is 5.01 Å². The lowest BCUT2D eigenvalue weighted by molar-refractivity contribution is -0.136. The maximum Gasteiger partial charge on any atom is 0.303 e. The Hall–Kier alpha value is -2.29. The molecular formula is C19H17N3O2S3. The van der Waals surface area contributed by atoms with Crippen LogP contribution in [0.3, 0.4) is 0 Å². The molecule has 3 heterocycles. The van der Waals surface area contributed by atoms with E-state index in [-0.39, 0.29) is 6.42 Å². The number of hydrogen-bond donors (Lipinski definition) is 2. The average Bonchev–Trinajstić information content (AvgIpc) is 3.38. The Bertz CT molecular complexity index is 1070. The van der Waals surface area contributed by atoms with E-state index in [0.29, 0.717) is 6.42 Å². The number of hydrogen-bond acceptors (Lipinski definition) is 6. The number of carbonyl (C=O) groups is 1. The van der Waals surface area contributed by atoms with E-state index in [4.69, 9.17) is 5.11 Å². The van der Waals surface area contributed by atoms with Crippen LogP contribution in [0.4, 0.5) is 5.69 Å². The van der Waals surface area contributed by atoms with Crippen molar-refractivity contribution in [2.75, 3.05) is 11.4 Å². The van der Waals surface area contributed by atoms with Crippen LogP contribution < -0.4 is 4.31 Å². The summed E-state index contributed by atoms with van der Waals surface area (Å²) in [6.45, 7) is 0. The number of aryl methyl sites for hydroxylation is 1. The van der Waals surface area contributed by atoms with Crippen LogP contribution in [0.25, 0.3) is 21.6 Å². The number of anilines is 1. The largest absolute Gasteiger partial charge is 0.481 e. The summed E-state index contributed by atoms with van der Waals surface area (Å²) in [7, 11) is 2.06. The van der Waals surface area contributed by atoms with E-state index >= 15 is 0 Å². The third kappa shape index (κ3) is 4.02. The number of thiophene rings is 1. The first-order valence-corrected chi connectivity index (χ1v) is 10.9. The van der Waals surface area contributed by atoms with Gasteiger partial charge in [-0.15, -0.1) is 22.7 Å². The number of para-hydroxylation sites is 1. The van der Waals surface area contributed by atoms with Crippen molar-refractivity contribution in [2.45, 2.75) is 17.1 Å². The van der Waals surface area contributed by atoms with Crippen molar-refractivity contribution < 1.29 is 9.90 Å². The number of nitrogens with one attached hydrogen (secondary N) is 1. The molecule has 1 aromatic carbocycles. The Labute approximate surface area is 168 Å². The van der Waals surface area contributed by atoms with E-state index in [2.05, 4.69) is 63.1 Å². The number of benzene rings is 1. The summed E-state index contributed by atoms with van der Waals surface area (Å²) in [6, 6.07) is 12.5. The Kier molecular flexibility index (Phi) is 5.20. The maximum absolute atomic E-state index is 10.7. The number of aromatic nitrogens is 2. The summed E-state index contributed by atoms with van der Waals surface area (Å²) in [5.41, 5.74) is 3.96. The summed E-state index contributed by atoms with van der Waals surface area (Å²) >= 11 is 4.96. The summed E-state index contributed by atoms with van der Waals surface area (Å²) < 4.78 is 3.40. The van der Waals surface area contributed by atoms with E-state index in [0.717, 1.165) is 33.0 Å². The third-order valence-corrected chi connectivity index (χ3v) is 6.96. The van der Waals surface area contributed by atoms with Gasteiger partial charge in [-0.1, -0.05) is 18.2 Å². The van der Waals surface area contributed by atoms with Gasteiger partial charge in [0.15, 0.2) is 0 Å². The molecule has 27 heavy (non-hydrogen) atoms. The van der Waals surface area contributed by atoms with Crippen molar-refractivity contribution in [3.63, 3.8) is 0 Å². The second-order valence-electron chi connectivity index (χ2n) is 5.98. The molecule has 0 saturated heterocycles. The van der Waals surface area contributed by atoms with E-state index in [1.165, 1.54) is 15.5 Å². The Morgan fingerprint density at radius 1 is 1.30 bits per heavy atom. The smallest absolute Gasteiger partial charge is 0.303 e. The van der Waals surface area contributed by atoms with Gasteiger partial charge in [-0.2, -0.15) is 0 Å². The van der Waals surface area contributed by atoms with Crippen molar-refractivity contribution in [1.82, 2.24) is 9.97 Å². The molecule has 0 aliphatic carbocycles. The van der Waals surface area contributed by atoms with Crippen molar-refractivity contribution in [1.29, 1.82) is 0 Å². The van der Waals surface area contributed by atoms with Gasteiger partial charge in [-0.3, -0.25) is 4.79 Å². The Morgan fingerprint density at radius 3 is 2.96 bits per heavy atom. The molecule has 0 unspecified atom stereocenters. The monoisotopic (exact) mass is 415 g/mol. The first kappa shape index (κ1) is 18.1. The minimum Gasteiger partial charge on any atom is -0.481 e. The molecule has 0 atom stereocenters. The molecule has 4 aromatic rings. The highest BCUT2D eigenvalue weighted by Crippen LogP contribution is 2.36. The second-order valence-corrected chi connectivity index (χ2v) is 9.22. The average molecular weight is 416 g/mol. The molecule has 0 amide bonds. The zero-order valence-corrected chi connectivity index (χ0v) is 17.0. The minimum atomic E-state index is -0.800. The molecule has 0 spiro atoms. The molecule has 4 rings (SSSR count). The van der Waals surface area contributed by atoms with Gasteiger partial charge in [0.05, 0.1) is 33.2 Å². The highest BCUT2D eigenvalue weighted by molar-refractivity contribution is 8.02. The highest BCUT2D eigenvalue weighted by Gasteiger charge is 2.14. The van der Waals surface area contributed by atoms with Crippen molar-refractivity contribution in [2.24, 2.45) is 0 Å². The zero-order chi connectivity index (χ0) is 18.8. The number of carboxylic acid groups (broad SMARTS) is 1. The van der Waals surface area contributed by atoms with Gasteiger partial charge < -0.3 is 14.4 Å². The summed E-state index contributed by atoms with van der Waals surface area (Å²) in [5, 5.41) is 14.9. The lowest BCUT2D eigenvalue weighted by Gasteiger charge is -2.17. The van der Waals surface area contributed by atoms with Gasteiger partial charge in [-0.05, 0) is 35.5 Å². The van der Waals surface area contributed by atoms with Crippen LogP contribution in [-0.2, 0) is 11.2 Å². The van der Waals surface area contributed by atoms with Crippen LogP contribution in [-0.4, -0.2) is 28.1 Å². The molecule has 5 nitrogen and oxygen atoms in total. The number of thiazole rings is 1. The van der Waals surface area contributed by atoms with E-state index in [9.17, 15) is 4.79 Å². The molecule has 2 N–H and O–H groups in total. The van der Waals surface area contributed by atoms with Gasteiger partial charge in [-0.25, -0.2) is 4.98 Å². The minimum absolute atomic E-state index is 0.102. The Morgan fingerprint density at radius 2 is 2.19 bits per heavy atom. The molecule has 8 heteroatoms. The topological polar surface area (TPSA) is 69.2 Å². The lowest BCUT2D eigenvalue weighted by Crippen LogP contribution is -2.05. The molecule has 3 aromatic heterocycles. The lowest BCUT2D eigenvalue weighted by atomic mass is 10.2. The molecule has 0 radical (unpaired) electrons. The van der Waals surface area contributed by atoms with Crippen LogP contribution >= 0.6 is 34.6 Å². The van der Waals surface area contributed by atoms with E-state index in [1.807, 2.05) is 5.38 Å². The molecule has 0 aliphatic rings. The normalized spacial score (nSPS) is 11.1. The zero-order valence-electron chi connectivity index (χ0n) is 14.5. The molecular weight excluding hydrogens is 398 g/mol. The van der Waals surface area contributed by atoms with Crippen LogP contribution in [0, 0.1) is 0 Å². The number of aliphatic carboxylic acids is 1. The van der Waals surface area contributed by atoms with Crippen molar-refractivity contribution in [3.05, 3.63) is 52.9 Å². The van der Waals surface area contributed by atoms with Crippen LogP contribution in [0.2, 0.25) is 0 Å². The number of H-pyrrole nitrogens is 1. The summed E-state index contributed by atoms with van der Waals surface area (Å²) in [4.78, 5) is 18.8. The van der Waals surface area contributed by atoms with Crippen molar-refractivity contribution in [3.8, 4) is 10.7 Å². The van der Waals surface area contributed by atoms with E-state index in [1.54, 1.807) is 23.3 Å². The van der Waals surface area contributed by atoms with Gasteiger partial charge >= 0.3 is 5.97 Å². The third-order valence-electron chi connectivity index (χ3n) is 4.07. The van der Waals surface area contributed by atoms with Crippen LogP contribution in [0.1, 0.15) is 12.1 Å². The maximum atomic E-state index is 10.7. The summed E-state index contributed by atoms with van der Waals surface area (Å²) in [6.07, 6.45) is 0.558. The number of fused-ring (bicyclic) bond motifs is 1. The van der Waals surface area contributed by atoms with Gasteiger partial charge in [0.25, 0.3) is 0 Å². The number of nitrogens with zero attached hydrogens (tertiary/aromatic N) is 2. The fourth-order valence-corrected chi connectivity index (χ4v) is 5.41. The molecule has 0 saturated carbocycles. The van der Waals surface area contributed by atoms with Crippen LogP contribution in [0.15, 0.2) is 51.4 Å². The fraction of sp³-hybridized carbons (Fsp3) is 0.158. The first-order chi connectivity index (χ1) is 13.1. The standard InChI is InChI=1S/C19H17N3O2S3/c1-22(27-17-6-3-9-25-17)15-5-2-4-12-10-14(21-18(12)15)19-20-13(11-26-19)7-8-16(23)24/h2-6,9-11,21H,7-8H2,1H3,(H,23,24). The molecule has 138 valence electrons. The number of rotatable bonds is 7. The fourth-order valence-electron chi connectivity index (χ4n) is 2.80. The second kappa shape index (κ2) is 7.75. The van der Waals surface area contributed by atoms with Crippen LogP contribution in [0.5, 0.6) is 0 Å². The SMILES string of the molecule is CN(Sc1cccs1)c1cccc2cc(-c3nc(CCC(=O)O)cs3)[nH]c12. The van der Waals surface area contributed by atoms with Gasteiger partial charge in [0.2, 0.25) is 0 Å². The van der Waals surface area contributed by atoms with Crippen molar-refractivity contribution >= 4 is 57.2 Å². The highest BCUT2D eigenvalue weighted by atomic mass is 32.2. The predicted octanol–water partition coefficient (Wildman–Crippen LogP) is 5.51. The molecule has 0 aliphatic heterocycles. The summed E-state index contributed by atoms with van der Waals surface area (Å²) in [5.74, 6) is -0.800. The quantitative estimate of drug-likeness (QED) is 0.389. The number of aromatic amines is 1. The van der Waals surface area contributed by atoms with E-state index < -0.39 is 5.97 Å². The molecule has 0 bridgehead atoms. The van der Waals surface area contributed by atoms with Gasteiger partial charge in [0, 0.05) is 24.2 Å². The number of carboxylic acids is 1. The Balaban J connectivity index is 1.62. The predicted molar refractivity (Wildman–Crippen MR) is 114 cm³/mol. The molecule has 0 fully saturated rings.